The number of hydrogen-bond acceptors (Lipinski definition) is 3. The summed E-state index contributed by atoms with van der Waals surface area (Å²) in [5, 5.41) is 0. The van der Waals surface area contributed by atoms with Crippen LogP contribution in [0.4, 0.5) is 0 Å². The van der Waals surface area contributed by atoms with Crippen LogP contribution >= 0.6 is 0 Å². The van der Waals surface area contributed by atoms with E-state index in [2.05, 4.69) is 17.4 Å². The summed E-state index contributed by atoms with van der Waals surface area (Å²) in [6.07, 6.45) is 4.42. The minimum atomic E-state index is 0.0729. The second-order valence-electron chi connectivity index (χ2n) is 4.80. The number of amides is 1. The van der Waals surface area contributed by atoms with Gasteiger partial charge in [-0.2, -0.15) is 0 Å². The molecule has 1 amide bonds. The summed E-state index contributed by atoms with van der Waals surface area (Å²) in [6.45, 7) is 2.72. The third-order valence-corrected chi connectivity index (χ3v) is 3.28. The largest absolute Gasteiger partial charge is 0.306 e. The first-order valence-electron chi connectivity index (χ1n) is 5.86. The van der Waals surface area contributed by atoms with Gasteiger partial charge in [-0.05, 0) is 51.7 Å². The number of hydroxylamine groups is 1. The van der Waals surface area contributed by atoms with E-state index in [0.717, 1.165) is 25.9 Å². The predicted molar refractivity (Wildman–Crippen MR) is 57.0 cm³/mol. The zero-order valence-corrected chi connectivity index (χ0v) is 9.37. The molecular formula is C11H20N2O2. The Morgan fingerprint density at radius 2 is 2.00 bits per heavy atom. The topological polar surface area (TPSA) is 41.6 Å². The van der Waals surface area contributed by atoms with Crippen LogP contribution in [0.5, 0.6) is 0 Å². The fourth-order valence-corrected chi connectivity index (χ4v) is 1.87. The Kier molecular flexibility index (Phi) is 3.59. The molecule has 1 N–H and O–H groups in total. The average Bonchev–Trinajstić information content (AvgIpc) is 3.02. The number of nitrogens with one attached hydrogen (secondary N) is 1. The first kappa shape index (κ1) is 10.9. The van der Waals surface area contributed by atoms with Crippen molar-refractivity contribution in [3.8, 4) is 0 Å². The first-order chi connectivity index (χ1) is 7.25. The van der Waals surface area contributed by atoms with Crippen molar-refractivity contribution >= 4 is 5.91 Å². The predicted octanol–water partition coefficient (Wildman–Crippen LogP) is 0.786. The zero-order valence-electron chi connectivity index (χ0n) is 9.37. The number of carbonyl (C=O) groups excluding carboxylic acids is 1. The van der Waals surface area contributed by atoms with Crippen molar-refractivity contribution in [2.24, 2.45) is 11.8 Å². The van der Waals surface area contributed by atoms with Crippen LogP contribution in [-0.4, -0.2) is 37.6 Å². The van der Waals surface area contributed by atoms with Gasteiger partial charge < -0.3 is 4.90 Å². The van der Waals surface area contributed by atoms with Crippen LogP contribution in [0.25, 0.3) is 0 Å². The molecular weight excluding hydrogens is 192 g/mol. The summed E-state index contributed by atoms with van der Waals surface area (Å²) in [6, 6.07) is 0. The minimum absolute atomic E-state index is 0.0729. The second-order valence-corrected chi connectivity index (χ2v) is 4.80. The van der Waals surface area contributed by atoms with Gasteiger partial charge in [-0.25, -0.2) is 5.48 Å². The van der Waals surface area contributed by atoms with Crippen LogP contribution in [0.3, 0.4) is 0 Å². The number of rotatable bonds is 4. The quantitative estimate of drug-likeness (QED) is 0.700. The Balaban J connectivity index is 1.61. The first-order valence-corrected chi connectivity index (χ1v) is 5.86. The molecule has 0 radical (unpaired) electrons. The zero-order chi connectivity index (χ0) is 10.7. The summed E-state index contributed by atoms with van der Waals surface area (Å²) >= 11 is 0. The highest BCUT2D eigenvalue weighted by molar-refractivity contribution is 5.77. The number of piperidine rings is 1. The molecule has 1 saturated carbocycles. The van der Waals surface area contributed by atoms with Gasteiger partial charge in [0, 0.05) is 5.92 Å². The van der Waals surface area contributed by atoms with E-state index >= 15 is 0 Å². The molecule has 1 aliphatic carbocycles. The molecule has 4 nitrogen and oxygen atoms in total. The highest BCUT2D eigenvalue weighted by atomic mass is 16.7. The van der Waals surface area contributed by atoms with E-state index in [-0.39, 0.29) is 11.8 Å². The lowest BCUT2D eigenvalue weighted by Gasteiger charge is -2.27. The smallest absolute Gasteiger partial charge is 0.246 e. The summed E-state index contributed by atoms with van der Waals surface area (Å²) in [7, 11) is 2.09. The molecule has 0 aromatic heterocycles. The number of carbonyl (C=O) groups is 1. The molecule has 1 heterocycles. The van der Waals surface area contributed by atoms with E-state index < -0.39 is 0 Å². The molecule has 0 bridgehead atoms. The highest BCUT2D eigenvalue weighted by Crippen LogP contribution is 2.28. The van der Waals surface area contributed by atoms with E-state index in [4.69, 9.17) is 4.84 Å². The number of nitrogens with zero attached hydrogens (tertiary/aromatic N) is 1. The SMILES string of the molecule is CN1CCC(C(=O)NOCC2CC2)CC1. The summed E-state index contributed by atoms with van der Waals surface area (Å²) in [5.41, 5.74) is 2.58. The maximum Gasteiger partial charge on any atom is 0.246 e. The van der Waals surface area contributed by atoms with Crippen LogP contribution in [0.1, 0.15) is 25.7 Å². The van der Waals surface area contributed by atoms with Crippen LogP contribution in [-0.2, 0) is 9.63 Å². The molecule has 86 valence electrons. The van der Waals surface area contributed by atoms with Crippen molar-refractivity contribution < 1.29 is 9.63 Å². The van der Waals surface area contributed by atoms with E-state index in [0.29, 0.717) is 12.5 Å². The van der Waals surface area contributed by atoms with E-state index in [9.17, 15) is 4.79 Å². The van der Waals surface area contributed by atoms with Gasteiger partial charge in [-0.1, -0.05) is 0 Å². The molecule has 1 saturated heterocycles. The standard InChI is InChI=1S/C11H20N2O2/c1-13-6-4-10(5-7-13)11(14)12-15-8-9-2-3-9/h9-10H,2-8H2,1H3,(H,12,14). The van der Waals surface area contributed by atoms with E-state index in [1.165, 1.54) is 12.8 Å². The summed E-state index contributed by atoms with van der Waals surface area (Å²) in [5.74, 6) is 0.923. The van der Waals surface area contributed by atoms with Gasteiger partial charge in [0.1, 0.15) is 0 Å². The minimum Gasteiger partial charge on any atom is -0.306 e. The summed E-state index contributed by atoms with van der Waals surface area (Å²) < 4.78 is 0. The van der Waals surface area contributed by atoms with Crippen LogP contribution in [0.2, 0.25) is 0 Å². The Labute approximate surface area is 90.9 Å². The van der Waals surface area contributed by atoms with Crippen molar-refractivity contribution in [1.29, 1.82) is 0 Å². The van der Waals surface area contributed by atoms with Crippen LogP contribution in [0, 0.1) is 11.8 Å². The van der Waals surface area contributed by atoms with Gasteiger partial charge >= 0.3 is 0 Å². The molecule has 0 aromatic rings. The molecule has 0 spiro atoms. The van der Waals surface area contributed by atoms with E-state index in [1.54, 1.807) is 0 Å². The molecule has 2 rings (SSSR count). The van der Waals surface area contributed by atoms with Gasteiger partial charge in [-0.15, -0.1) is 0 Å². The fourth-order valence-electron chi connectivity index (χ4n) is 1.87. The Hall–Kier alpha value is -0.610. The lowest BCUT2D eigenvalue weighted by Crippen LogP contribution is -2.39. The molecule has 1 aliphatic heterocycles. The van der Waals surface area contributed by atoms with Gasteiger partial charge in [0.05, 0.1) is 6.61 Å². The average molecular weight is 212 g/mol. The van der Waals surface area contributed by atoms with Gasteiger partial charge in [0.15, 0.2) is 0 Å². The molecule has 2 fully saturated rings. The monoisotopic (exact) mass is 212 g/mol. The van der Waals surface area contributed by atoms with Gasteiger partial charge in [-0.3, -0.25) is 9.63 Å². The second kappa shape index (κ2) is 4.94. The van der Waals surface area contributed by atoms with Crippen molar-refractivity contribution in [2.75, 3.05) is 26.7 Å². The Morgan fingerprint density at radius 3 is 2.60 bits per heavy atom. The molecule has 15 heavy (non-hydrogen) atoms. The maximum absolute atomic E-state index is 11.7. The summed E-state index contributed by atoms with van der Waals surface area (Å²) in [4.78, 5) is 19.1. The third-order valence-electron chi connectivity index (χ3n) is 3.28. The Bertz CT molecular complexity index is 221. The maximum atomic E-state index is 11.7. The molecule has 2 aliphatic rings. The lowest BCUT2D eigenvalue weighted by atomic mass is 9.97. The molecule has 0 atom stereocenters. The van der Waals surface area contributed by atoms with E-state index in [1.807, 2.05) is 0 Å². The normalized spacial score (nSPS) is 24.1. The van der Waals surface area contributed by atoms with Crippen molar-refractivity contribution in [3.63, 3.8) is 0 Å². The van der Waals surface area contributed by atoms with Crippen LogP contribution in [0.15, 0.2) is 0 Å². The molecule has 0 unspecified atom stereocenters. The lowest BCUT2D eigenvalue weighted by molar-refractivity contribution is -0.139. The van der Waals surface area contributed by atoms with Crippen molar-refractivity contribution in [1.82, 2.24) is 10.4 Å². The molecule has 0 aromatic carbocycles. The van der Waals surface area contributed by atoms with Crippen LogP contribution < -0.4 is 5.48 Å². The third kappa shape index (κ3) is 3.47. The van der Waals surface area contributed by atoms with Gasteiger partial charge in [0.25, 0.3) is 0 Å². The van der Waals surface area contributed by atoms with Crippen molar-refractivity contribution in [2.45, 2.75) is 25.7 Å². The van der Waals surface area contributed by atoms with Crippen molar-refractivity contribution in [3.05, 3.63) is 0 Å². The molecule has 4 heteroatoms. The Morgan fingerprint density at radius 1 is 1.33 bits per heavy atom. The number of likely N-dealkylation sites (tertiary alicyclic amines) is 1. The fraction of sp³-hybridized carbons (Fsp3) is 0.909. The number of hydrogen-bond donors (Lipinski definition) is 1. The highest BCUT2D eigenvalue weighted by Gasteiger charge is 2.25. The van der Waals surface area contributed by atoms with Gasteiger partial charge in [0.2, 0.25) is 5.91 Å².